The maximum absolute atomic E-state index is 12.3. The third kappa shape index (κ3) is 3.85. The number of amides is 1. The summed E-state index contributed by atoms with van der Waals surface area (Å²) in [5.74, 6) is -6.61. The summed E-state index contributed by atoms with van der Waals surface area (Å²) >= 11 is 10.8. The Bertz CT molecular complexity index is 484. The SMILES string of the molecule is O=C(Nc1c(Cl)ncnc1Cl)C(C(F)(F)F)C(F)(F)F. The molecular weight excluding hydrogens is 339 g/mol. The van der Waals surface area contributed by atoms with Gasteiger partial charge in [-0.25, -0.2) is 9.97 Å². The van der Waals surface area contributed by atoms with E-state index in [4.69, 9.17) is 23.2 Å². The summed E-state index contributed by atoms with van der Waals surface area (Å²) in [6, 6.07) is 0. The first-order chi connectivity index (χ1) is 8.94. The number of nitrogens with zero attached hydrogens (tertiary/aromatic N) is 2. The maximum atomic E-state index is 12.3. The van der Waals surface area contributed by atoms with E-state index in [0.717, 1.165) is 6.33 Å². The zero-order valence-corrected chi connectivity index (χ0v) is 10.5. The third-order valence-corrected chi connectivity index (χ3v) is 2.49. The normalized spacial score (nSPS) is 12.7. The molecule has 1 heterocycles. The molecule has 0 aliphatic carbocycles. The minimum atomic E-state index is -5.82. The Labute approximate surface area is 117 Å². The summed E-state index contributed by atoms with van der Waals surface area (Å²) in [6.45, 7) is 0. The van der Waals surface area contributed by atoms with E-state index in [1.54, 1.807) is 0 Å². The fourth-order valence-electron chi connectivity index (χ4n) is 1.13. The number of halogens is 8. The molecule has 0 aromatic carbocycles. The van der Waals surface area contributed by atoms with Crippen LogP contribution >= 0.6 is 23.2 Å². The molecule has 0 atom stereocenters. The fraction of sp³-hybridized carbons (Fsp3) is 0.375. The van der Waals surface area contributed by atoms with Crippen LogP contribution in [0.15, 0.2) is 6.33 Å². The predicted octanol–water partition coefficient (Wildman–Crippen LogP) is 3.46. The van der Waals surface area contributed by atoms with E-state index in [1.807, 2.05) is 0 Å². The quantitative estimate of drug-likeness (QED) is 0.662. The lowest BCUT2D eigenvalue weighted by Gasteiger charge is -2.22. The zero-order chi connectivity index (χ0) is 15.7. The zero-order valence-electron chi connectivity index (χ0n) is 8.98. The molecule has 0 saturated heterocycles. The molecule has 0 spiro atoms. The second kappa shape index (κ2) is 5.60. The summed E-state index contributed by atoms with van der Waals surface area (Å²) in [6.07, 6.45) is -10.8. The molecule has 0 aliphatic rings. The van der Waals surface area contributed by atoms with Crippen molar-refractivity contribution in [2.24, 2.45) is 5.92 Å². The van der Waals surface area contributed by atoms with Gasteiger partial charge in [0.15, 0.2) is 10.3 Å². The van der Waals surface area contributed by atoms with E-state index in [-0.39, 0.29) is 0 Å². The Balaban J connectivity index is 3.11. The van der Waals surface area contributed by atoms with Crippen LogP contribution in [-0.4, -0.2) is 28.2 Å². The van der Waals surface area contributed by atoms with Crippen molar-refractivity contribution in [2.45, 2.75) is 12.4 Å². The molecule has 1 aromatic rings. The summed E-state index contributed by atoms with van der Waals surface area (Å²) in [5, 5.41) is 0.132. The van der Waals surface area contributed by atoms with Gasteiger partial charge in [-0.15, -0.1) is 0 Å². The van der Waals surface area contributed by atoms with Crippen molar-refractivity contribution in [1.29, 1.82) is 0 Å². The standard InChI is InChI=1S/C8H3Cl2F6N3O/c9-4-2(5(10)18-1-17-4)19-6(20)3(7(11,12)13)8(14,15)16/h1,3H,(H,19,20). The van der Waals surface area contributed by atoms with Gasteiger partial charge in [-0.3, -0.25) is 4.79 Å². The monoisotopic (exact) mass is 341 g/mol. The van der Waals surface area contributed by atoms with Crippen LogP contribution in [0.2, 0.25) is 10.3 Å². The summed E-state index contributed by atoms with van der Waals surface area (Å²) < 4.78 is 73.8. The molecule has 1 amide bonds. The number of anilines is 1. The van der Waals surface area contributed by atoms with E-state index in [9.17, 15) is 31.1 Å². The number of rotatable bonds is 2. The van der Waals surface area contributed by atoms with Gasteiger partial charge in [0.2, 0.25) is 11.8 Å². The van der Waals surface area contributed by atoms with E-state index < -0.39 is 40.2 Å². The number of carbonyl (C=O) groups is 1. The first-order valence-corrected chi connectivity index (χ1v) is 5.30. The number of aromatic nitrogens is 2. The molecule has 112 valence electrons. The maximum Gasteiger partial charge on any atom is 0.409 e. The lowest BCUT2D eigenvalue weighted by molar-refractivity contribution is -0.272. The Morgan fingerprint density at radius 1 is 1.05 bits per heavy atom. The smallest absolute Gasteiger partial charge is 0.320 e. The topological polar surface area (TPSA) is 54.9 Å². The number of carbonyl (C=O) groups excluding carboxylic acids is 1. The van der Waals surface area contributed by atoms with Crippen LogP contribution in [0, 0.1) is 5.92 Å². The molecule has 1 N–H and O–H groups in total. The summed E-state index contributed by atoms with van der Waals surface area (Å²) in [5.41, 5.74) is -0.737. The van der Waals surface area contributed by atoms with Gasteiger partial charge in [-0.2, -0.15) is 26.3 Å². The number of nitrogens with one attached hydrogen (secondary N) is 1. The molecule has 0 saturated carbocycles. The summed E-state index contributed by atoms with van der Waals surface area (Å²) in [4.78, 5) is 17.7. The number of hydrogen-bond donors (Lipinski definition) is 1. The minimum Gasteiger partial charge on any atom is -0.320 e. The van der Waals surface area contributed by atoms with Crippen LogP contribution in [0.3, 0.4) is 0 Å². The van der Waals surface area contributed by atoms with Gasteiger partial charge in [-0.1, -0.05) is 23.2 Å². The van der Waals surface area contributed by atoms with Gasteiger partial charge in [0.25, 0.3) is 0 Å². The minimum absolute atomic E-state index is 0.596. The highest BCUT2D eigenvalue weighted by Gasteiger charge is 2.61. The predicted molar refractivity (Wildman–Crippen MR) is 56.3 cm³/mol. The third-order valence-electron chi connectivity index (χ3n) is 1.92. The van der Waals surface area contributed by atoms with Crippen molar-refractivity contribution in [3.05, 3.63) is 16.6 Å². The van der Waals surface area contributed by atoms with Crippen LogP contribution in [-0.2, 0) is 4.79 Å². The van der Waals surface area contributed by atoms with E-state index in [0.29, 0.717) is 0 Å². The van der Waals surface area contributed by atoms with Crippen LogP contribution in [0.4, 0.5) is 32.0 Å². The lowest BCUT2D eigenvalue weighted by Crippen LogP contribution is -2.45. The van der Waals surface area contributed by atoms with Crippen molar-refractivity contribution in [2.75, 3.05) is 5.32 Å². The van der Waals surface area contributed by atoms with Crippen LogP contribution in [0.1, 0.15) is 0 Å². The molecule has 1 rings (SSSR count). The summed E-state index contributed by atoms with van der Waals surface area (Å²) in [7, 11) is 0. The average molecular weight is 342 g/mol. The van der Waals surface area contributed by atoms with Gasteiger partial charge in [-0.05, 0) is 0 Å². The Hall–Kier alpha value is -1.29. The van der Waals surface area contributed by atoms with Crippen molar-refractivity contribution in [1.82, 2.24) is 9.97 Å². The van der Waals surface area contributed by atoms with Crippen LogP contribution < -0.4 is 5.32 Å². The highest BCUT2D eigenvalue weighted by molar-refractivity contribution is 6.38. The molecule has 0 radical (unpaired) electrons. The Morgan fingerprint density at radius 2 is 1.45 bits per heavy atom. The largest absolute Gasteiger partial charge is 0.409 e. The second-order valence-corrected chi connectivity index (χ2v) is 4.05. The van der Waals surface area contributed by atoms with Crippen molar-refractivity contribution in [3.63, 3.8) is 0 Å². The van der Waals surface area contributed by atoms with Crippen LogP contribution in [0.5, 0.6) is 0 Å². The first kappa shape index (κ1) is 16.8. The van der Waals surface area contributed by atoms with E-state index in [1.165, 1.54) is 5.32 Å². The van der Waals surface area contributed by atoms with Crippen molar-refractivity contribution in [3.8, 4) is 0 Å². The highest BCUT2D eigenvalue weighted by atomic mass is 35.5. The fourth-order valence-corrected chi connectivity index (χ4v) is 1.53. The van der Waals surface area contributed by atoms with Gasteiger partial charge in [0.05, 0.1) is 0 Å². The molecule has 0 unspecified atom stereocenters. The van der Waals surface area contributed by atoms with Crippen molar-refractivity contribution < 1.29 is 31.1 Å². The first-order valence-electron chi connectivity index (χ1n) is 4.55. The average Bonchev–Trinajstić information content (AvgIpc) is 2.19. The van der Waals surface area contributed by atoms with E-state index in [2.05, 4.69) is 9.97 Å². The Morgan fingerprint density at radius 3 is 1.80 bits per heavy atom. The molecule has 0 fully saturated rings. The van der Waals surface area contributed by atoms with Gasteiger partial charge in [0.1, 0.15) is 12.0 Å². The molecule has 0 aliphatic heterocycles. The van der Waals surface area contributed by atoms with Gasteiger partial charge in [0, 0.05) is 0 Å². The molecule has 4 nitrogen and oxygen atoms in total. The number of hydrogen-bond acceptors (Lipinski definition) is 3. The lowest BCUT2D eigenvalue weighted by atomic mass is 10.1. The molecule has 12 heteroatoms. The number of alkyl halides is 6. The van der Waals surface area contributed by atoms with Gasteiger partial charge >= 0.3 is 12.4 Å². The van der Waals surface area contributed by atoms with Crippen LogP contribution in [0.25, 0.3) is 0 Å². The molecular formula is C8H3Cl2F6N3O. The van der Waals surface area contributed by atoms with E-state index >= 15 is 0 Å². The molecule has 0 bridgehead atoms. The molecule has 20 heavy (non-hydrogen) atoms. The van der Waals surface area contributed by atoms with Gasteiger partial charge < -0.3 is 5.32 Å². The Kier molecular flexibility index (Phi) is 4.70. The van der Waals surface area contributed by atoms with Crippen molar-refractivity contribution >= 4 is 34.8 Å². The highest BCUT2D eigenvalue weighted by Crippen LogP contribution is 2.40. The molecule has 1 aromatic heterocycles. The second-order valence-electron chi connectivity index (χ2n) is 3.34.